The van der Waals surface area contributed by atoms with E-state index in [9.17, 15) is 10.1 Å². The van der Waals surface area contributed by atoms with Gasteiger partial charge in [-0.2, -0.15) is 21.0 Å². The molecule has 8 nitrogen and oxygen atoms in total. The van der Waals surface area contributed by atoms with E-state index in [4.69, 9.17) is 21.0 Å². The van der Waals surface area contributed by atoms with Gasteiger partial charge in [0.2, 0.25) is 0 Å². The Balaban J connectivity index is 3.41. The Morgan fingerprint density at radius 2 is 1.70 bits per heavy atom. The first kappa shape index (κ1) is 14.2. The van der Waals surface area contributed by atoms with Gasteiger partial charge in [0.1, 0.15) is 35.5 Å². The first-order valence-corrected chi connectivity index (χ1v) is 4.97. The Hall–Kier alpha value is -3.88. The zero-order valence-corrected chi connectivity index (χ0v) is 9.78. The van der Waals surface area contributed by atoms with Crippen molar-refractivity contribution < 1.29 is 4.92 Å². The quantitative estimate of drug-likeness (QED) is 0.495. The van der Waals surface area contributed by atoms with Crippen LogP contribution in [0, 0.1) is 55.4 Å². The number of nitrogens with zero attached hydrogens (tertiary/aromatic N) is 5. The lowest BCUT2D eigenvalue weighted by molar-refractivity contribution is -0.383. The maximum atomic E-state index is 10.9. The van der Waals surface area contributed by atoms with E-state index in [1.54, 1.807) is 24.3 Å². The van der Waals surface area contributed by atoms with Gasteiger partial charge in [-0.1, -0.05) is 0 Å². The van der Waals surface area contributed by atoms with Crippen LogP contribution in [0.3, 0.4) is 0 Å². The van der Waals surface area contributed by atoms with Gasteiger partial charge in [0.15, 0.2) is 0 Å². The predicted molar refractivity (Wildman–Crippen MR) is 65.5 cm³/mol. The summed E-state index contributed by atoms with van der Waals surface area (Å²) in [7, 11) is 0. The fraction of sp³-hybridized carbons (Fsp3) is 0. The van der Waals surface area contributed by atoms with Gasteiger partial charge in [0, 0.05) is 12.3 Å². The number of nitrogens with one attached hydrogen (secondary N) is 1. The third-order valence-electron chi connectivity index (χ3n) is 2.19. The number of nitro groups is 1. The van der Waals surface area contributed by atoms with Crippen molar-refractivity contribution >= 4 is 11.4 Å². The lowest BCUT2D eigenvalue weighted by atomic mass is 10.1. The third-order valence-corrected chi connectivity index (χ3v) is 2.19. The first-order chi connectivity index (χ1) is 9.57. The molecular formula is C12H4N6O2. The van der Waals surface area contributed by atoms with Crippen LogP contribution >= 0.6 is 0 Å². The van der Waals surface area contributed by atoms with Crippen molar-refractivity contribution in [2.45, 2.75) is 0 Å². The summed E-state index contributed by atoms with van der Waals surface area (Å²) in [5.41, 5.74) is -0.998. The second-order valence-corrected chi connectivity index (χ2v) is 3.32. The molecule has 1 aromatic rings. The smallest absolute Gasteiger partial charge is 0.294 e. The summed E-state index contributed by atoms with van der Waals surface area (Å²) in [6.07, 6.45) is 0.982. The molecule has 0 saturated heterocycles. The molecule has 0 bridgehead atoms. The summed E-state index contributed by atoms with van der Waals surface area (Å²) in [6, 6.07) is 8.62. The summed E-state index contributed by atoms with van der Waals surface area (Å²) < 4.78 is 0. The van der Waals surface area contributed by atoms with Crippen LogP contribution in [-0.4, -0.2) is 4.92 Å². The van der Waals surface area contributed by atoms with Crippen molar-refractivity contribution in [3.8, 4) is 24.3 Å². The Bertz CT molecular complexity index is 751. The largest absolute Gasteiger partial charge is 0.354 e. The zero-order valence-electron chi connectivity index (χ0n) is 9.78. The van der Waals surface area contributed by atoms with Crippen LogP contribution in [0.2, 0.25) is 0 Å². The van der Waals surface area contributed by atoms with Gasteiger partial charge in [-0.3, -0.25) is 10.1 Å². The van der Waals surface area contributed by atoms with Gasteiger partial charge in [-0.25, -0.2) is 0 Å². The van der Waals surface area contributed by atoms with E-state index in [1.165, 1.54) is 0 Å². The number of rotatable bonds is 3. The van der Waals surface area contributed by atoms with E-state index < -0.39 is 10.6 Å². The maximum Gasteiger partial charge on any atom is 0.294 e. The summed E-state index contributed by atoms with van der Waals surface area (Å²) in [5.74, 6) is 0. The Morgan fingerprint density at radius 3 is 2.15 bits per heavy atom. The molecule has 94 valence electrons. The minimum Gasteiger partial charge on any atom is -0.354 e. The number of nitriles is 4. The fourth-order valence-corrected chi connectivity index (χ4v) is 1.28. The number of hydrogen-bond acceptors (Lipinski definition) is 7. The molecule has 0 radical (unpaired) electrons. The van der Waals surface area contributed by atoms with Gasteiger partial charge in [-0.05, 0) is 6.07 Å². The van der Waals surface area contributed by atoms with Crippen LogP contribution in [0.5, 0.6) is 0 Å². The number of anilines is 1. The summed E-state index contributed by atoms with van der Waals surface area (Å²) in [5, 5.41) is 48.1. The molecular weight excluding hydrogens is 260 g/mol. The van der Waals surface area contributed by atoms with Gasteiger partial charge in [0.05, 0.1) is 16.1 Å². The number of benzene rings is 1. The van der Waals surface area contributed by atoms with Gasteiger partial charge < -0.3 is 5.32 Å². The highest BCUT2D eigenvalue weighted by molar-refractivity contribution is 5.70. The molecule has 1 N–H and O–H groups in total. The van der Waals surface area contributed by atoms with Gasteiger partial charge in [-0.15, -0.1) is 0 Å². The second-order valence-electron chi connectivity index (χ2n) is 3.32. The first-order valence-electron chi connectivity index (χ1n) is 4.97. The van der Waals surface area contributed by atoms with Crippen LogP contribution < -0.4 is 5.32 Å². The Morgan fingerprint density at radius 1 is 1.15 bits per heavy atom. The van der Waals surface area contributed by atoms with Crippen molar-refractivity contribution in [3.63, 3.8) is 0 Å². The highest BCUT2D eigenvalue weighted by atomic mass is 16.6. The molecule has 0 aliphatic rings. The van der Waals surface area contributed by atoms with E-state index in [0.29, 0.717) is 0 Å². The van der Waals surface area contributed by atoms with Crippen LogP contribution in [-0.2, 0) is 0 Å². The third kappa shape index (κ3) is 2.87. The zero-order chi connectivity index (χ0) is 15.1. The normalized spacial score (nSPS) is 8.20. The van der Waals surface area contributed by atoms with E-state index >= 15 is 0 Å². The average molecular weight is 264 g/mol. The molecule has 0 spiro atoms. The Kier molecular flexibility index (Phi) is 4.37. The standard InChI is InChI=1S/C12H4N6O2/c13-3-8(4-14)7-17-11-1-9(5-15)10(6-16)2-12(11)18(19)20/h1-2,7,17H. The minimum absolute atomic E-state index is 0.0514. The Labute approximate surface area is 113 Å². The number of nitro benzene ring substituents is 1. The second kappa shape index (κ2) is 6.16. The highest BCUT2D eigenvalue weighted by Crippen LogP contribution is 2.28. The molecule has 1 rings (SSSR count). The predicted octanol–water partition coefficient (Wildman–Crippen LogP) is 1.68. The summed E-state index contributed by atoms with van der Waals surface area (Å²) in [4.78, 5) is 10.2. The van der Waals surface area contributed by atoms with E-state index in [2.05, 4.69) is 5.32 Å². The average Bonchev–Trinajstić information content (AvgIpc) is 2.47. The van der Waals surface area contributed by atoms with Crippen LogP contribution in [0.15, 0.2) is 23.9 Å². The monoisotopic (exact) mass is 264 g/mol. The van der Waals surface area contributed by atoms with Crippen molar-refractivity contribution in [2.24, 2.45) is 0 Å². The van der Waals surface area contributed by atoms with Gasteiger partial charge >= 0.3 is 0 Å². The summed E-state index contributed by atoms with van der Waals surface area (Å²) in [6.45, 7) is 0. The van der Waals surface area contributed by atoms with Crippen molar-refractivity contribution in [2.75, 3.05) is 5.32 Å². The topological polar surface area (TPSA) is 150 Å². The number of hydrogen-bond donors (Lipinski definition) is 1. The van der Waals surface area contributed by atoms with Crippen LogP contribution in [0.4, 0.5) is 11.4 Å². The number of allylic oxidation sites excluding steroid dienone is 1. The molecule has 1 aromatic carbocycles. The lowest BCUT2D eigenvalue weighted by Gasteiger charge is -2.04. The highest BCUT2D eigenvalue weighted by Gasteiger charge is 2.17. The minimum atomic E-state index is -0.739. The molecule has 0 amide bonds. The molecule has 0 aliphatic heterocycles. The molecule has 0 saturated carbocycles. The molecule has 0 fully saturated rings. The molecule has 0 atom stereocenters. The molecule has 20 heavy (non-hydrogen) atoms. The van der Waals surface area contributed by atoms with E-state index in [-0.39, 0.29) is 22.4 Å². The summed E-state index contributed by atoms with van der Waals surface area (Å²) >= 11 is 0. The van der Waals surface area contributed by atoms with Crippen molar-refractivity contribution in [1.29, 1.82) is 21.0 Å². The van der Waals surface area contributed by atoms with Crippen LogP contribution in [0.25, 0.3) is 0 Å². The van der Waals surface area contributed by atoms with Crippen LogP contribution in [0.1, 0.15) is 11.1 Å². The maximum absolute atomic E-state index is 10.9. The SMILES string of the molecule is N#CC(C#N)=CNc1cc(C#N)c(C#N)cc1[N+](=O)[O-]. The molecule has 0 heterocycles. The fourth-order valence-electron chi connectivity index (χ4n) is 1.28. The van der Waals surface area contributed by atoms with Crippen molar-refractivity contribution in [1.82, 2.24) is 0 Å². The molecule has 0 unspecified atom stereocenters. The van der Waals surface area contributed by atoms with E-state index in [0.717, 1.165) is 18.3 Å². The molecule has 0 aliphatic carbocycles. The molecule has 8 heteroatoms. The van der Waals surface area contributed by atoms with E-state index in [1.807, 2.05) is 0 Å². The van der Waals surface area contributed by atoms with Gasteiger partial charge in [0.25, 0.3) is 5.69 Å². The molecule has 0 aromatic heterocycles. The lowest BCUT2D eigenvalue weighted by Crippen LogP contribution is -1.99. The van der Waals surface area contributed by atoms with Crippen molar-refractivity contribution in [3.05, 3.63) is 45.1 Å².